The van der Waals surface area contributed by atoms with Gasteiger partial charge in [-0.3, -0.25) is 14.7 Å². The molecule has 122 valence electrons. The maximum Gasteiger partial charge on any atom is 0.323 e. The van der Waals surface area contributed by atoms with Gasteiger partial charge in [-0.25, -0.2) is 0 Å². The van der Waals surface area contributed by atoms with Crippen LogP contribution in [0.25, 0.3) is 11.3 Å². The van der Waals surface area contributed by atoms with Crippen molar-refractivity contribution in [3.05, 3.63) is 41.0 Å². The normalized spacial score (nSPS) is 12.0. The molecule has 0 aliphatic rings. The fraction of sp³-hybridized carbons (Fsp3) is 0.312. The third-order valence-corrected chi connectivity index (χ3v) is 3.89. The molecule has 1 aromatic heterocycles. The number of hydrogen-bond acceptors (Lipinski definition) is 3. The Balaban J connectivity index is 2.25. The maximum atomic E-state index is 12.5. The van der Waals surface area contributed by atoms with Crippen molar-refractivity contribution >= 4 is 23.5 Å². The minimum Gasteiger partial charge on any atom is -0.480 e. The van der Waals surface area contributed by atoms with Gasteiger partial charge in [0.05, 0.1) is 5.69 Å². The number of aliphatic carboxylic acids is 1. The van der Waals surface area contributed by atoms with Crippen LogP contribution in [0.3, 0.4) is 0 Å². The summed E-state index contributed by atoms with van der Waals surface area (Å²) in [6, 6.07) is 8.52. The van der Waals surface area contributed by atoms with Crippen molar-refractivity contribution in [2.75, 3.05) is 6.54 Å². The largest absolute Gasteiger partial charge is 0.480 e. The van der Waals surface area contributed by atoms with E-state index in [-0.39, 0.29) is 24.2 Å². The molecule has 7 heteroatoms. The van der Waals surface area contributed by atoms with Gasteiger partial charge in [0.1, 0.15) is 12.2 Å². The molecule has 0 bridgehead atoms. The molecule has 0 saturated heterocycles. The molecule has 0 spiro atoms. The van der Waals surface area contributed by atoms with Gasteiger partial charge in [0.2, 0.25) is 0 Å². The molecule has 0 aliphatic carbocycles. The summed E-state index contributed by atoms with van der Waals surface area (Å²) in [7, 11) is 0. The summed E-state index contributed by atoms with van der Waals surface area (Å²) < 4.78 is 0. The Morgan fingerprint density at radius 1 is 1.35 bits per heavy atom. The van der Waals surface area contributed by atoms with E-state index in [4.69, 9.17) is 16.7 Å². The summed E-state index contributed by atoms with van der Waals surface area (Å²) in [6.07, 6.45) is 0.664. The predicted octanol–water partition coefficient (Wildman–Crippen LogP) is 3.06. The smallest absolute Gasteiger partial charge is 0.323 e. The van der Waals surface area contributed by atoms with E-state index in [0.717, 1.165) is 5.56 Å². The number of carboxylic acids is 1. The average Bonchev–Trinajstić information content (AvgIpc) is 3.01. The lowest BCUT2D eigenvalue weighted by Gasteiger charge is -2.26. The standard InChI is InChI=1S/C16H18ClN3O3/c1-3-10(2)20(9-15(21)22)16(23)14-8-13(18-19-14)11-4-6-12(17)7-5-11/h4-8,10H,3,9H2,1-2H3,(H,18,19)(H,21,22). The minimum absolute atomic E-state index is 0.180. The lowest BCUT2D eigenvalue weighted by molar-refractivity contribution is -0.138. The van der Waals surface area contributed by atoms with Crippen molar-refractivity contribution < 1.29 is 14.7 Å². The Hall–Kier alpha value is -2.34. The second-order valence-corrected chi connectivity index (χ2v) is 5.69. The van der Waals surface area contributed by atoms with Gasteiger partial charge in [0, 0.05) is 16.6 Å². The summed E-state index contributed by atoms with van der Waals surface area (Å²) in [5.74, 6) is -1.43. The predicted molar refractivity (Wildman–Crippen MR) is 87.5 cm³/mol. The van der Waals surface area contributed by atoms with Crippen LogP contribution in [0.4, 0.5) is 0 Å². The van der Waals surface area contributed by atoms with Gasteiger partial charge in [0.25, 0.3) is 5.91 Å². The summed E-state index contributed by atoms with van der Waals surface area (Å²) in [6.45, 7) is 3.37. The highest BCUT2D eigenvalue weighted by Crippen LogP contribution is 2.21. The second kappa shape index (κ2) is 7.28. The zero-order valence-corrected chi connectivity index (χ0v) is 13.7. The molecule has 0 saturated carbocycles. The number of rotatable bonds is 6. The summed E-state index contributed by atoms with van der Waals surface area (Å²) >= 11 is 5.85. The molecule has 1 heterocycles. The van der Waals surface area contributed by atoms with Crippen molar-refractivity contribution in [1.82, 2.24) is 15.1 Å². The number of amides is 1. The molecule has 2 rings (SSSR count). The Labute approximate surface area is 139 Å². The Kier molecular flexibility index (Phi) is 5.39. The average molecular weight is 336 g/mol. The molecule has 0 aliphatic heterocycles. The van der Waals surface area contributed by atoms with Crippen molar-refractivity contribution in [3.8, 4) is 11.3 Å². The molecule has 1 aromatic carbocycles. The number of benzene rings is 1. The first-order chi connectivity index (χ1) is 10.9. The third kappa shape index (κ3) is 4.10. The van der Waals surface area contributed by atoms with Gasteiger partial charge < -0.3 is 10.0 Å². The van der Waals surface area contributed by atoms with Crippen LogP contribution in [0, 0.1) is 0 Å². The topological polar surface area (TPSA) is 86.3 Å². The summed E-state index contributed by atoms with van der Waals surface area (Å²) in [5, 5.41) is 16.4. The van der Waals surface area contributed by atoms with Crippen molar-refractivity contribution in [2.24, 2.45) is 0 Å². The number of nitrogens with one attached hydrogen (secondary N) is 1. The van der Waals surface area contributed by atoms with Crippen LogP contribution in [0.15, 0.2) is 30.3 Å². The van der Waals surface area contributed by atoms with Crippen LogP contribution < -0.4 is 0 Å². The first-order valence-corrected chi connectivity index (χ1v) is 7.64. The van der Waals surface area contributed by atoms with Crippen LogP contribution in [0.1, 0.15) is 30.8 Å². The Bertz CT molecular complexity index is 697. The van der Waals surface area contributed by atoms with Gasteiger partial charge in [-0.1, -0.05) is 30.7 Å². The van der Waals surface area contributed by atoms with Crippen LogP contribution in [0.5, 0.6) is 0 Å². The number of halogens is 1. The van der Waals surface area contributed by atoms with Gasteiger partial charge in [-0.2, -0.15) is 5.10 Å². The monoisotopic (exact) mass is 335 g/mol. The van der Waals surface area contributed by atoms with E-state index >= 15 is 0 Å². The molecule has 0 radical (unpaired) electrons. The number of carbonyl (C=O) groups is 2. The van der Waals surface area contributed by atoms with E-state index in [2.05, 4.69) is 10.2 Å². The van der Waals surface area contributed by atoms with Crippen molar-refractivity contribution in [1.29, 1.82) is 0 Å². The lowest BCUT2D eigenvalue weighted by Crippen LogP contribution is -2.42. The molecular formula is C16H18ClN3O3. The number of aromatic nitrogens is 2. The SMILES string of the molecule is CCC(C)N(CC(=O)O)C(=O)c1cc(-c2ccc(Cl)cc2)n[nH]1. The molecule has 1 unspecified atom stereocenters. The molecular weight excluding hydrogens is 318 g/mol. The highest BCUT2D eigenvalue weighted by atomic mass is 35.5. The molecule has 1 amide bonds. The molecule has 2 aromatic rings. The zero-order valence-electron chi connectivity index (χ0n) is 12.9. The van der Waals surface area contributed by atoms with Gasteiger partial charge >= 0.3 is 5.97 Å². The lowest BCUT2D eigenvalue weighted by atomic mass is 10.1. The number of hydrogen-bond donors (Lipinski definition) is 2. The molecule has 2 N–H and O–H groups in total. The van der Waals surface area contributed by atoms with Gasteiger partial charge in [-0.05, 0) is 31.5 Å². The number of aromatic amines is 1. The Morgan fingerprint density at radius 2 is 2.00 bits per heavy atom. The van der Waals surface area contributed by atoms with Crippen LogP contribution in [-0.4, -0.2) is 44.7 Å². The molecule has 1 atom stereocenters. The van der Waals surface area contributed by atoms with E-state index in [9.17, 15) is 9.59 Å². The fourth-order valence-corrected chi connectivity index (χ4v) is 2.27. The van der Waals surface area contributed by atoms with E-state index in [1.54, 1.807) is 30.3 Å². The highest BCUT2D eigenvalue weighted by Gasteiger charge is 2.24. The van der Waals surface area contributed by atoms with E-state index in [1.807, 2.05) is 13.8 Å². The Morgan fingerprint density at radius 3 is 2.57 bits per heavy atom. The van der Waals surface area contributed by atoms with Gasteiger partial charge in [0.15, 0.2) is 0 Å². The maximum absolute atomic E-state index is 12.5. The van der Waals surface area contributed by atoms with Gasteiger partial charge in [-0.15, -0.1) is 0 Å². The second-order valence-electron chi connectivity index (χ2n) is 5.26. The van der Waals surface area contributed by atoms with Crippen molar-refractivity contribution in [2.45, 2.75) is 26.3 Å². The molecule has 0 fully saturated rings. The van der Waals surface area contributed by atoms with E-state index < -0.39 is 5.97 Å². The van der Waals surface area contributed by atoms with Crippen LogP contribution in [-0.2, 0) is 4.79 Å². The minimum atomic E-state index is -1.05. The zero-order chi connectivity index (χ0) is 17.0. The van der Waals surface area contributed by atoms with E-state index in [1.165, 1.54) is 4.90 Å². The number of carbonyl (C=O) groups excluding carboxylic acids is 1. The van der Waals surface area contributed by atoms with Crippen molar-refractivity contribution in [3.63, 3.8) is 0 Å². The third-order valence-electron chi connectivity index (χ3n) is 3.64. The highest BCUT2D eigenvalue weighted by molar-refractivity contribution is 6.30. The summed E-state index contributed by atoms with van der Waals surface area (Å²) in [4.78, 5) is 24.9. The number of carboxylic acid groups (broad SMARTS) is 1. The van der Waals surface area contributed by atoms with Crippen LogP contribution >= 0.6 is 11.6 Å². The fourth-order valence-electron chi connectivity index (χ4n) is 2.15. The first kappa shape index (κ1) is 17.0. The number of nitrogens with zero attached hydrogens (tertiary/aromatic N) is 2. The number of H-pyrrole nitrogens is 1. The first-order valence-electron chi connectivity index (χ1n) is 7.26. The summed E-state index contributed by atoms with van der Waals surface area (Å²) in [5.41, 5.74) is 1.68. The van der Waals surface area contributed by atoms with Crippen LogP contribution in [0.2, 0.25) is 5.02 Å². The quantitative estimate of drug-likeness (QED) is 0.849. The molecule has 6 nitrogen and oxygen atoms in total. The molecule has 23 heavy (non-hydrogen) atoms. The van der Waals surface area contributed by atoms with E-state index in [0.29, 0.717) is 17.1 Å².